The quantitative estimate of drug-likeness (QED) is 0.295. The van der Waals surface area contributed by atoms with E-state index in [1.807, 2.05) is 0 Å². The van der Waals surface area contributed by atoms with Gasteiger partial charge in [0, 0.05) is 29.1 Å². The Morgan fingerprint density at radius 3 is 2.35 bits per heavy atom. The van der Waals surface area contributed by atoms with Crippen LogP contribution in [0, 0.1) is 20.2 Å². The summed E-state index contributed by atoms with van der Waals surface area (Å²) in [5, 5.41) is 27.5. The van der Waals surface area contributed by atoms with Crippen molar-refractivity contribution in [3.05, 3.63) is 73.3 Å². The highest BCUT2D eigenvalue weighted by Crippen LogP contribution is 2.37. The summed E-state index contributed by atoms with van der Waals surface area (Å²) in [6.07, 6.45) is 0.370. The number of halogens is 1. The Hall–Kier alpha value is -3.99. The average Bonchev–Trinajstić information content (AvgIpc) is 3.10. The molecule has 11 nitrogen and oxygen atoms in total. The van der Waals surface area contributed by atoms with Crippen molar-refractivity contribution in [3.63, 3.8) is 0 Å². The van der Waals surface area contributed by atoms with E-state index in [2.05, 4.69) is 9.99 Å². The molecule has 0 aliphatic carbocycles. The number of nitrogens with zero attached hydrogens (tertiary/aromatic N) is 4. The van der Waals surface area contributed by atoms with E-state index in [0.717, 1.165) is 19.1 Å². The predicted molar refractivity (Wildman–Crippen MR) is 109 cm³/mol. The van der Waals surface area contributed by atoms with Crippen molar-refractivity contribution < 1.29 is 24.4 Å². The van der Waals surface area contributed by atoms with Crippen molar-refractivity contribution in [1.82, 2.24) is 9.78 Å². The monoisotopic (exact) mass is 446 g/mol. The minimum Gasteiger partial charge on any atom is -0.264 e. The highest BCUT2D eigenvalue weighted by atomic mass is 35.5. The standard InChI is InChI=1S/C19H15ClN4O7/c1-3-15-18(12-4-6-13(20)7-5-12)22(21-19(15)31-30-11(2)25)16-9-8-14(23(26)27)10-17(16)24(28)29/h4-10H,3H2,1-2H3. The highest BCUT2D eigenvalue weighted by Gasteiger charge is 2.28. The van der Waals surface area contributed by atoms with Crippen LogP contribution in [-0.2, 0) is 16.1 Å². The van der Waals surface area contributed by atoms with E-state index >= 15 is 0 Å². The summed E-state index contributed by atoms with van der Waals surface area (Å²) in [4.78, 5) is 42.1. The topological polar surface area (TPSA) is 140 Å². The zero-order valence-corrected chi connectivity index (χ0v) is 17.0. The molecule has 2 aromatic carbocycles. The predicted octanol–water partition coefficient (Wildman–Crippen LogP) is 4.43. The Morgan fingerprint density at radius 1 is 1.13 bits per heavy atom. The van der Waals surface area contributed by atoms with Gasteiger partial charge in [0.05, 0.1) is 21.6 Å². The van der Waals surface area contributed by atoms with Crippen molar-refractivity contribution in [2.24, 2.45) is 0 Å². The van der Waals surface area contributed by atoms with Crippen LogP contribution in [0.15, 0.2) is 42.5 Å². The number of rotatable bonds is 7. The van der Waals surface area contributed by atoms with Crippen LogP contribution in [0.2, 0.25) is 5.02 Å². The average molecular weight is 447 g/mol. The van der Waals surface area contributed by atoms with Gasteiger partial charge in [-0.3, -0.25) is 25.1 Å². The van der Waals surface area contributed by atoms with E-state index in [1.54, 1.807) is 31.2 Å². The number of non-ortho nitro benzene ring substituents is 1. The zero-order chi connectivity index (χ0) is 22.7. The third kappa shape index (κ3) is 4.46. The first-order valence-corrected chi connectivity index (χ1v) is 9.26. The number of carbonyl (C=O) groups is 1. The second kappa shape index (κ2) is 8.79. The van der Waals surface area contributed by atoms with Gasteiger partial charge >= 0.3 is 11.7 Å². The molecule has 0 fully saturated rings. The molecular formula is C19H15ClN4O7. The van der Waals surface area contributed by atoms with Crippen LogP contribution in [0.25, 0.3) is 16.9 Å². The normalized spacial score (nSPS) is 10.5. The molecule has 0 aliphatic heterocycles. The summed E-state index contributed by atoms with van der Waals surface area (Å²) in [6, 6.07) is 9.82. The van der Waals surface area contributed by atoms with Gasteiger partial charge in [-0.1, -0.05) is 30.7 Å². The lowest BCUT2D eigenvalue weighted by Crippen LogP contribution is -2.06. The van der Waals surface area contributed by atoms with Gasteiger partial charge in [-0.15, -0.1) is 5.10 Å². The molecule has 0 atom stereocenters. The van der Waals surface area contributed by atoms with Crippen molar-refractivity contribution in [2.75, 3.05) is 0 Å². The summed E-state index contributed by atoms with van der Waals surface area (Å²) in [7, 11) is 0. The lowest BCUT2D eigenvalue weighted by molar-refractivity contribution is -0.394. The van der Waals surface area contributed by atoms with Gasteiger partial charge in [0.25, 0.3) is 11.6 Å². The number of nitro benzene ring substituents is 2. The fourth-order valence-corrected chi connectivity index (χ4v) is 3.07. The lowest BCUT2D eigenvalue weighted by Gasteiger charge is -2.10. The van der Waals surface area contributed by atoms with Gasteiger partial charge in [0.15, 0.2) is 0 Å². The van der Waals surface area contributed by atoms with Crippen molar-refractivity contribution in [3.8, 4) is 22.8 Å². The number of aromatic nitrogens is 2. The Kier molecular flexibility index (Phi) is 6.16. The maximum Gasteiger partial charge on any atom is 0.352 e. The molecule has 3 aromatic rings. The number of hydrogen-bond donors (Lipinski definition) is 0. The molecule has 0 spiro atoms. The van der Waals surface area contributed by atoms with Crippen LogP contribution in [0.5, 0.6) is 5.88 Å². The van der Waals surface area contributed by atoms with E-state index in [0.29, 0.717) is 28.3 Å². The summed E-state index contributed by atoms with van der Waals surface area (Å²) in [5.41, 5.74) is 0.498. The van der Waals surface area contributed by atoms with E-state index < -0.39 is 27.2 Å². The first kappa shape index (κ1) is 21.7. The molecule has 0 saturated heterocycles. The molecule has 0 unspecified atom stereocenters. The van der Waals surface area contributed by atoms with Crippen molar-refractivity contribution in [2.45, 2.75) is 20.3 Å². The summed E-state index contributed by atoms with van der Waals surface area (Å²) >= 11 is 5.98. The molecule has 0 bridgehead atoms. The molecule has 3 rings (SSSR count). The molecule has 12 heteroatoms. The fraction of sp³-hybridized carbons (Fsp3) is 0.158. The van der Waals surface area contributed by atoms with Crippen molar-refractivity contribution >= 4 is 28.9 Å². The third-order valence-corrected chi connectivity index (χ3v) is 4.50. The Morgan fingerprint density at radius 2 is 1.81 bits per heavy atom. The molecule has 0 radical (unpaired) electrons. The molecule has 0 aliphatic rings. The number of nitro groups is 2. The number of hydrogen-bond acceptors (Lipinski definition) is 8. The molecule has 31 heavy (non-hydrogen) atoms. The van der Waals surface area contributed by atoms with Crippen LogP contribution < -0.4 is 4.89 Å². The Labute approximate surface area is 180 Å². The van der Waals surface area contributed by atoms with E-state index in [1.165, 1.54) is 10.7 Å². The van der Waals surface area contributed by atoms with E-state index in [9.17, 15) is 25.0 Å². The van der Waals surface area contributed by atoms with Crippen LogP contribution in [0.3, 0.4) is 0 Å². The molecule has 0 saturated carbocycles. The minimum atomic E-state index is -0.742. The molecule has 1 aromatic heterocycles. The van der Waals surface area contributed by atoms with Gasteiger partial charge in [0.1, 0.15) is 5.69 Å². The molecule has 160 valence electrons. The molecule has 0 amide bonds. The van der Waals surface area contributed by atoms with Crippen molar-refractivity contribution in [1.29, 1.82) is 0 Å². The smallest absolute Gasteiger partial charge is 0.264 e. The van der Waals surface area contributed by atoms with E-state index in [-0.39, 0.29) is 11.6 Å². The van der Waals surface area contributed by atoms with Crippen LogP contribution in [-0.4, -0.2) is 25.6 Å². The SMILES string of the molecule is CCc1c(OOC(C)=O)nn(-c2ccc([N+](=O)[O-])cc2[N+](=O)[O-])c1-c1ccc(Cl)cc1. The first-order chi connectivity index (χ1) is 14.7. The fourth-order valence-electron chi connectivity index (χ4n) is 2.94. The molecular weight excluding hydrogens is 432 g/mol. The molecule has 1 heterocycles. The zero-order valence-electron chi connectivity index (χ0n) is 16.3. The van der Waals surface area contributed by atoms with Crippen LogP contribution >= 0.6 is 11.6 Å². The van der Waals surface area contributed by atoms with Gasteiger partial charge in [0.2, 0.25) is 0 Å². The third-order valence-electron chi connectivity index (χ3n) is 4.25. The molecule has 0 N–H and O–H groups in total. The largest absolute Gasteiger partial charge is 0.352 e. The summed E-state index contributed by atoms with van der Waals surface area (Å²) in [5.74, 6) is -0.790. The van der Waals surface area contributed by atoms with E-state index in [4.69, 9.17) is 16.5 Å². The number of benzene rings is 2. The summed E-state index contributed by atoms with van der Waals surface area (Å²) in [6.45, 7) is 2.94. The van der Waals surface area contributed by atoms with Gasteiger partial charge in [-0.05, 0) is 24.6 Å². The van der Waals surface area contributed by atoms with Gasteiger partial charge < -0.3 is 0 Å². The maximum absolute atomic E-state index is 11.7. The number of carbonyl (C=O) groups excluding carboxylic acids is 1. The Bertz CT molecular complexity index is 1170. The first-order valence-electron chi connectivity index (χ1n) is 8.89. The van der Waals surface area contributed by atoms with Gasteiger partial charge in [-0.25, -0.2) is 14.4 Å². The minimum absolute atomic E-state index is 0.0343. The highest BCUT2D eigenvalue weighted by molar-refractivity contribution is 6.30. The maximum atomic E-state index is 11.7. The Balaban J connectivity index is 2.30. The van der Waals surface area contributed by atoms with Crippen LogP contribution in [0.1, 0.15) is 19.4 Å². The van der Waals surface area contributed by atoms with Crippen LogP contribution in [0.4, 0.5) is 11.4 Å². The summed E-state index contributed by atoms with van der Waals surface area (Å²) < 4.78 is 1.22. The second-order valence-corrected chi connectivity index (χ2v) is 6.69. The second-order valence-electron chi connectivity index (χ2n) is 6.25. The lowest BCUT2D eigenvalue weighted by atomic mass is 10.1. The van der Waals surface area contributed by atoms with Gasteiger partial charge in [-0.2, -0.15) is 0 Å².